The Morgan fingerprint density at radius 2 is 2.24 bits per heavy atom. The third-order valence-corrected chi connectivity index (χ3v) is 3.96. The number of nitrogens with zero attached hydrogens (tertiary/aromatic N) is 2. The van der Waals surface area contributed by atoms with E-state index in [2.05, 4.69) is 29.1 Å². The number of benzene rings is 1. The van der Waals surface area contributed by atoms with Crippen LogP contribution in [0.25, 0.3) is 0 Å². The summed E-state index contributed by atoms with van der Waals surface area (Å²) in [5.74, 6) is -0.656. The van der Waals surface area contributed by atoms with Gasteiger partial charge >= 0.3 is 0 Å². The minimum atomic E-state index is -0.467. The summed E-state index contributed by atoms with van der Waals surface area (Å²) in [5, 5.41) is 2.58. The normalized spacial score (nSPS) is 20.4. The second-order valence-corrected chi connectivity index (χ2v) is 5.67. The van der Waals surface area contributed by atoms with Crippen LogP contribution in [-0.2, 0) is 4.79 Å². The molecular formula is C15H23FN4O. The van der Waals surface area contributed by atoms with Crippen LogP contribution in [0.15, 0.2) is 18.2 Å². The molecule has 6 heteroatoms. The van der Waals surface area contributed by atoms with Crippen molar-refractivity contribution >= 4 is 17.3 Å². The molecule has 0 saturated carbocycles. The Morgan fingerprint density at radius 1 is 1.48 bits per heavy atom. The largest absolute Gasteiger partial charge is 0.399 e. The van der Waals surface area contributed by atoms with Gasteiger partial charge in [-0.25, -0.2) is 4.39 Å². The number of rotatable bonds is 4. The molecule has 0 bridgehead atoms. The van der Waals surface area contributed by atoms with Crippen LogP contribution in [0.4, 0.5) is 15.8 Å². The van der Waals surface area contributed by atoms with Crippen molar-refractivity contribution in [3.63, 3.8) is 0 Å². The molecule has 1 saturated heterocycles. The molecule has 0 aliphatic carbocycles. The summed E-state index contributed by atoms with van der Waals surface area (Å²) in [7, 11) is 2.11. The highest BCUT2D eigenvalue weighted by Crippen LogP contribution is 2.17. The van der Waals surface area contributed by atoms with Gasteiger partial charge in [0, 0.05) is 44.3 Å². The minimum Gasteiger partial charge on any atom is -0.399 e. The zero-order valence-corrected chi connectivity index (χ0v) is 12.6. The molecule has 5 nitrogen and oxygen atoms in total. The van der Waals surface area contributed by atoms with Gasteiger partial charge in [0.15, 0.2) is 0 Å². The molecule has 0 radical (unpaired) electrons. The van der Waals surface area contributed by atoms with Crippen molar-refractivity contribution in [2.75, 3.05) is 44.3 Å². The zero-order valence-electron chi connectivity index (χ0n) is 12.6. The van der Waals surface area contributed by atoms with Crippen LogP contribution >= 0.6 is 0 Å². The molecule has 1 unspecified atom stereocenters. The van der Waals surface area contributed by atoms with Crippen LogP contribution in [0.2, 0.25) is 0 Å². The summed E-state index contributed by atoms with van der Waals surface area (Å²) < 4.78 is 13.5. The second kappa shape index (κ2) is 6.87. The number of anilines is 2. The van der Waals surface area contributed by atoms with Crippen molar-refractivity contribution in [2.24, 2.45) is 0 Å². The SMILES string of the molecule is CC1CN(CCC(=O)Nc2cc(N)ccc2F)CCN1C. The van der Waals surface area contributed by atoms with Gasteiger partial charge in [0.1, 0.15) is 5.82 Å². The monoisotopic (exact) mass is 294 g/mol. The lowest BCUT2D eigenvalue weighted by molar-refractivity contribution is -0.116. The first-order chi connectivity index (χ1) is 9.95. The van der Waals surface area contributed by atoms with E-state index in [1.165, 1.54) is 18.2 Å². The van der Waals surface area contributed by atoms with Gasteiger partial charge in [-0.1, -0.05) is 0 Å². The molecule has 1 aromatic carbocycles. The average Bonchev–Trinajstić information content (AvgIpc) is 2.44. The Morgan fingerprint density at radius 3 is 2.95 bits per heavy atom. The molecule has 3 N–H and O–H groups in total. The van der Waals surface area contributed by atoms with E-state index in [1.54, 1.807) is 0 Å². The summed E-state index contributed by atoms with van der Waals surface area (Å²) >= 11 is 0. The van der Waals surface area contributed by atoms with Gasteiger partial charge in [0.2, 0.25) is 5.91 Å². The number of hydrogen-bond donors (Lipinski definition) is 2. The molecule has 0 aromatic heterocycles. The molecule has 1 aliphatic heterocycles. The van der Waals surface area contributed by atoms with E-state index in [4.69, 9.17) is 5.73 Å². The fraction of sp³-hybridized carbons (Fsp3) is 0.533. The van der Waals surface area contributed by atoms with Gasteiger partial charge in [-0.3, -0.25) is 4.79 Å². The summed E-state index contributed by atoms with van der Waals surface area (Å²) in [6, 6.07) is 4.66. The van der Waals surface area contributed by atoms with Gasteiger partial charge in [0.05, 0.1) is 5.69 Å². The first-order valence-electron chi connectivity index (χ1n) is 7.23. The number of carbonyl (C=O) groups excluding carboxylic acids is 1. The molecule has 1 amide bonds. The maximum Gasteiger partial charge on any atom is 0.225 e. The van der Waals surface area contributed by atoms with E-state index in [9.17, 15) is 9.18 Å². The molecule has 21 heavy (non-hydrogen) atoms. The van der Waals surface area contributed by atoms with E-state index in [1.807, 2.05) is 0 Å². The number of amides is 1. The minimum absolute atomic E-state index is 0.145. The third-order valence-electron chi connectivity index (χ3n) is 3.96. The Labute approximate surface area is 124 Å². The van der Waals surface area contributed by atoms with Crippen molar-refractivity contribution in [1.82, 2.24) is 9.80 Å². The van der Waals surface area contributed by atoms with Gasteiger partial charge < -0.3 is 20.9 Å². The predicted octanol–water partition coefficient (Wildman–Crippen LogP) is 1.37. The van der Waals surface area contributed by atoms with Crippen LogP contribution in [0.3, 0.4) is 0 Å². The molecule has 116 valence electrons. The van der Waals surface area contributed by atoms with Crippen molar-refractivity contribution in [3.05, 3.63) is 24.0 Å². The lowest BCUT2D eigenvalue weighted by Gasteiger charge is -2.37. The Hall–Kier alpha value is -1.66. The fourth-order valence-electron chi connectivity index (χ4n) is 2.44. The first-order valence-corrected chi connectivity index (χ1v) is 7.23. The molecule has 1 atom stereocenters. The fourth-order valence-corrected chi connectivity index (χ4v) is 2.44. The van der Waals surface area contributed by atoms with Crippen molar-refractivity contribution in [3.8, 4) is 0 Å². The summed E-state index contributed by atoms with van der Waals surface area (Å²) in [6.07, 6.45) is 0.352. The number of halogens is 1. The van der Waals surface area contributed by atoms with Gasteiger partial charge in [0.25, 0.3) is 0 Å². The highest BCUT2D eigenvalue weighted by atomic mass is 19.1. The van der Waals surface area contributed by atoms with E-state index in [0.717, 1.165) is 19.6 Å². The number of likely N-dealkylation sites (N-methyl/N-ethyl adjacent to an activating group) is 1. The van der Waals surface area contributed by atoms with Crippen LogP contribution in [0, 0.1) is 5.82 Å². The molecule has 1 heterocycles. The number of nitrogens with one attached hydrogen (secondary N) is 1. The predicted molar refractivity (Wildman–Crippen MR) is 82.6 cm³/mol. The van der Waals surface area contributed by atoms with Crippen molar-refractivity contribution in [2.45, 2.75) is 19.4 Å². The van der Waals surface area contributed by atoms with Gasteiger partial charge in [-0.05, 0) is 32.2 Å². The van der Waals surface area contributed by atoms with E-state index >= 15 is 0 Å². The number of hydrogen-bond acceptors (Lipinski definition) is 4. The molecule has 0 spiro atoms. The van der Waals surface area contributed by atoms with Crippen LogP contribution < -0.4 is 11.1 Å². The standard InChI is InChI=1S/C15H23FN4O/c1-11-10-20(8-7-19(11)2)6-5-15(21)18-14-9-12(17)3-4-13(14)16/h3-4,9,11H,5-8,10,17H2,1-2H3,(H,18,21). The first kappa shape index (κ1) is 15.7. The summed E-state index contributed by atoms with van der Waals surface area (Å²) in [6.45, 7) is 5.78. The molecule has 2 rings (SSSR count). The number of nitrogens with two attached hydrogens (primary N) is 1. The Bertz CT molecular complexity index is 508. The van der Waals surface area contributed by atoms with Gasteiger partial charge in [-0.2, -0.15) is 0 Å². The summed E-state index contributed by atoms with van der Waals surface area (Å²) in [4.78, 5) is 16.5. The number of piperazine rings is 1. The zero-order chi connectivity index (χ0) is 15.4. The smallest absolute Gasteiger partial charge is 0.225 e. The quantitative estimate of drug-likeness (QED) is 0.824. The maximum atomic E-state index is 13.5. The lowest BCUT2D eigenvalue weighted by atomic mass is 10.2. The summed E-state index contributed by atoms with van der Waals surface area (Å²) in [5.41, 5.74) is 6.17. The topological polar surface area (TPSA) is 61.6 Å². The van der Waals surface area contributed by atoms with Gasteiger partial charge in [-0.15, -0.1) is 0 Å². The number of nitrogen functional groups attached to an aromatic ring is 1. The molecule has 1 aromatic rings. The highest BCUT2D eigenvalue weighted by molar-refractivity contribution is 5.91. The Balaban J connectivity index is 1.81. The Kier molecular flexibility index (Phi) is 5.14. The maximum absolute atomic E-state index is 13.5. The third kappa shape index (κ3) is 4.41. The number of carbonyl (C=O) groups is 1. The second-order valence-electron chi connectivity index (χ2n) is 5.67. The highest BCUT2D eigenvalue weighted by Gasteiger charge is 2.20. The molecule has 1 fully saturated rings. The van der Waals surface area contributed by atoms with E-state index in [-0.39, 0.29) is 11.6 Å². The van der Waals surface area contributed by atoms with Crippen molar-refractivity contribution in [1.29, 1.82) is 0 Å². The van der Waals surface area contributed by atoms with Crippen LogP contribution in [0.1, 0.15) is 13.3 Å². The lowest BCUT2D eigenvalue weighted by Crippen LogP contribution is -2.50. The van der Waals surface area contributed by atoms with E-state index in [0.29, 0.717) is 24.7 Å². The molecule has 1 aliphatic rings. The van der Waals surface area contributed by atoms with Crippen LogP contribution in [-0.4, -0.2) is 55.0 Å². The van der Waals surface area contributed by atoms with E-state index < -0.39 is 5.82 Å². The van der Waals surface area contributed by atoms with Crippen LogP contribution in [0.5, 0.6) is 0 Å². The van der Waals surface area contributed by atoms with Crippen molar-refractivity contribution < 1.29 is 9.18 Å². The molecular weight excluding hydrogens is 271 g/mol. The average molecular weight is 294 g/mol.